The molecule has 0 spiro atoms. The molecule has 0 saturated carbocycles. The van der Waals surface area contributed by atoms with Crippen LogP contribution >= 0.6 is 11.3 Å². The summed E-state index contributed by atoms with van der Waals surface area (Å²) in [7, 11) is 0. The lowest BCUT2D eigenvalue weighted by atomic mass is 10.1. The normalized spacial score (nSPS) is 12.8. The van der Waals surface area contributed by atoms with Gasteiger partial charge in [0, 0.05) is 18.9 Å². The van der Waals surface area contributed by atoms with Crippen LogP contribution in [-0.4, -0.2) is 30.2 Å². The topological polar surface area (TPSA) is 52.5 Å². The zero-order valence-corrected chi connectivity index (χ0v) is 14.4. The van der Waals surface area contributed by atoms with E-state index >= 15 is 0 Å². The van der Waals surface area contributed by atoms with Crippen LogP contribution in [0.5, 0.6) is 11.5 Å². The van der Waals surface area contributed by atoms with E-state index in [1.54, 1.807) is 0 Å². The lowest BCUT2D eigenvalue weighted by molar-refractivity contribution is 0.0958. The van der Waals surface area contributed by atoms with Crippen molar-refractivity contribution in [1.29, 1.82) is 0 Å². The number of ether oxygens (including phenoxy) is 2. The average Bonchev–Trinajstić information content (AvgIpc) is 3.32. The van der Waals surface area contributed by atoms with E-state index in [1.807, 2.05) is 58.7 Å². The number of carbonyl (C=O) groups is 1. The Kier molecular flexibility index (Phi) is 4.43. The fourth-order valence-corrected chi connectivity index (χ4v) is 3.62. The van der Waals surface area contributed by atoms with Crippen molar-refractivity contribution < 1.29 is 14.3 Å². The molecular formula is C19H18N2O3S. The van der Waals surface area contributed by atoms with Crippen molar-refractivity contribution in [2.45, 2.75) is 6.42 Å². The number of amides is 1. The Bertz CT molecular complexity index is 871. The van der Waals surface area contributed by atoms with E-state index in [2.05, 4.69) is 5.32 Å². The monoisotopic (exact) mass is 354 g/mol. The smallest absolute Gasteiger partial charge is 0.263 e. The van der Waals surface area contributed by atoms with E-state index in [-0.39, 0.29) is 5.91 Å². The summed E-state index contributed by atoms with van der Waals surface area (Å²) in [5.41, 5.74) is 2.02. The molecule has 0 bridgehead atoms. The van der Waals surface area contributed by atoms with Crippen molar-refractivity contribution >= 4 is 17.2 Å². The predicted molar refractivity (Wildman–Crippen MR) is 97.1 cm³/mol. The molecule has 1 aliphatic rings. The molecule has 0 fully saturated rings. The predicted octanol–water partition coefficient (Wildman–Crippen LogP) is 3.28. The van der Waals surface area contributed by atoms with Crippen molar-refractivity contribution in [1.82, 2.24) is 9.88 Å². The summed E-state index contributed by atoms with van der Waals surface area (Å²) in [4.78, 5) is 13.2. The molecular weight excluding hydrogens is 336 g/mol. The van der Waals surface area contributed by atoms with Gasteiger partial charge in [-0.2, -0.15) is 0 Å². The maximum Gasteiger partial charge on any atom is 0.263 e. The second-order valence-corrected chi connectivity index (χ2v) is 6.63. The van der Waals surface area contributed by atoms with Crippen LogP contribution in [0.3, 0.4) is 0 Å². The van der Waals surface area contributed by atoms with Gasteiger partial charge in [-0.25, -0.2) is 0 Å². The first-order chi connectivity index (χ1) is 12.3. The molecule has 25 heavy (non-hydrogen) atoms. The van der Waals surface area contributed by atoms with Gasteiger partial charge in [-0.15, -0.1) is 11.3 Å². The maximum atomic E-state index is 12.5. The molecule has 0 saturated heterocycles. The number of thiophene rings is 1. The Morgan fingerprint density at radius 2 is 1.92 bits per heavy atom. The number of hydrogen-bond acceptors (Lipinski definition) is 4. The van der Waals surface area contributed by atoms with Crippen LogP contribution in [0.25, 0.3) is 5.69 Å². The standard InChI is InChI=1S/C19H18N2O3S/c22-19(18-15(6-12-25-18)21-8-1-2-9-21)20-7-5-14-3-4-16-17(13-14)24-11-10-23-16/h1-4,6,8-9,12-13H,5,7,10-11H2,(H,20,22). The van der Waals surface area contributed by atoms with Crippen LogP contribution < -0.4 is 14.8 Å². The molecule has 3 heterocycles. The molecule has 0 radical (unpaired) electrons. The summed E-state index contributed by atoms with van der Waals surface area (Å²) in [6.07, 6.45) is 4.62. The van der Waals surface area contributed by atoms with Crippen LogP contribution in [0, 0.1) is 0 Å². The first-order valence-electron chi connectivity index (χ1n) is 8.19. The molecule has 1 amide bonds. The van der Waals surface area contributed by atoms with Crippen molar-refractivity contribution in [2.75, 3.05) is 19.8 Å². The van der Waals surface area contributed by atoms with Crippen molar-refractivity contribution in [3.05, 3.63) is 64.6 Å². The number of benzene rings is 1. The average molecular weight is 354 g/mol. The molecule has 0 aliphatic carbocycles. The number of aromatic nitrogens is 1. The minimum absolute atomic E-state index is 0.0451. The molecule has 0 atom stereocenters. The highest BCUT2D eigenvalue weighted by molar-refractivity contribution is 7.12. The highest BCUT2D eigenvalue weighted by Gasteiger charge is 2.15. The van der Waals surface area contributed by atoms with Gasteiger partial charge in [0.2, 0.25) is 0 Å². The summed E-state index contributed by atoms with van der Waals surface area (Å²) in [5.74, 6) is 1.52. The number of carbonyl (C=O) groups excluding carboxylic acids is 1. The van der Waals surface area contributed by atoms with E-state index in [0.717, 1.165) is 34.0 Å². The summed E-state index contributed by atoms with van der Waals surface area (Å²) in [6, 6.07) is 11.8. The third kappa shape index (κ3) is 3.39. The van der Waals surface area contributed by atoms with E-state index < -0.39 is 0 Å². The number of nitrogens with one attached hydrogen (secondary N) is 1. The highest BCUT2D eigenvalue weighted by Crippen LogP contribution is 2.30. The molecule has 1 N–H and O–H groups in total. The molecule has 1 aliphatic heterocycles. The molecule has 3 aromatic rings. The fraction of sp³-hybridized carbons (Fsp3) is 0.211. The minimum Gasteiger partial charge on any atom is -0.486 e. The van der Waals surface area contributed by atoms with Gasteiger partial charge in [0.25, 0.3) is 5.91 Å². The van der Waals surface area contributed by atoms with Gasteiger partial charge in [0.05, 0.1) is 5.69 Å². The lowest BCUT2D eigenvalue weighted by Crippen LogP contribution is -2.25. The Balaban J connectivity index is 1.38. The van der Waals surface area contributed by atoms with Gasteiger partial charge in [-0.1, -0.05) is 6.07 Å². The molecule has 128 valence electrons. The highest BCUT2D eigenvalue weighted by atomic mass is 32.1. The van der Waals surface area contributed by atoms with Crippen LogP contribution in [0.15, 0.2) is 54.2 Å². The van der Waals surface area contributed by atoms with Gasteiger partial charge in [0.15, 0.2) is 11.5 Å². The van der Waals surface area contributed by atoms with E-state index in [0.29, 0.717) is 19.8 Å². The Labute approximate surface area is 149 Å². The molecule has 1 aromatic carbocycles. The number of rotatable bonds is 5. The quantitative estimate of drug-likeness (QED) is 0.765. The van der Waals surface area contributed by atoms with Gasteiger partial charge in [0.1, 0.15) is 18.1 Å². The summed E-state index contributed by atoms with van der Waals surface area (Å²) in [6.45, 7) is 1.74. The van der Waals surface area contributed by atoms with E-state index in [1.165, 1.54) is 11.3 Å². The summed E-state index contributed by atoms with van der Waals surface area (Å²) >= 11 is 1.45. The number of fused-ring (bicyclic) bond motifs is 1. The Morgan fingerprint density at radius 1 is 1.12 bits per heavy atom. The molecule has 4 rings (SSSR count). The van der Waals surface area contributed by atoms with Crippen LogP contribution in [0.1, 0.15) is 15.2 Å². The summed E-state index contributed by atoms with van der Waals surface area (Å²) in [5, 5.41) is 4.94. The fourth-order valence-electron chi connectivity index (χ4n) is 2.81. The first kappa shape index (κ1) is 15.8. The maximum absolute atomic E-state index is 12.5. The second-order valence-electron chi connectivity index (χ2n) is 5.71. The zero-order chi connectivity index (χ0) is 17.1. The molecule has 2 aromatic heterocycles. The Hall–Kier alpha value is -2.73. The van der Waals surface area contributed by atoms with Crippen LogP contribution in [-0.2, 0) is 6.42 Å². The first-order valence-corrected chi connectivity index (χ1v) is 9.07. The number of nitrogens with zero attached hydrogens (tertiary/aromatic N) is 1. The SMILES string of the molecule is O=C(NCCc1ccc2c(c1)OCCO2)c1sccc1-n1cccc1. The zero-order valence-electron chi connectivity index (χ0n) is 13.6. The third-order valence-corrected chi connectivity index (χ3v) is 4.94. The molecule has 5 nitrogen and oxygen atoms in total. The lowest BCUT2D eigenvalue weighted by Gasteiger charge is -2.18. The van der Waals surface area contributed by atoms with Crippen LogP contribution in [0.4, 0.5) is 0 Å². The van der Waals surface area contributed by atoms with Gasteiger partial charge in [-0.3, -0.25) is 4.79 Å². The molecule has 6 heteroatoms. The largest absolute Gasteiger partial charge is 0.486 e. The minimum atomic E-state index is -0.0451. The Morgan fingerprint density at radius 3 is 2.76 bits per heavy atom. The van der Waals surface area contributed by atoms with Gasteiger partial charge in [-0.05, 0) is 47.7 Å². The van der Waals surface area contributed by atoms with E-state index in [4.69, 9.17) is 9.47 Å². The summed E-state index contributed by atoms with van der Waals surface area (Å²) < 4.78 is 13.1. The van der Waals surface area contributed by atoms with Crippen molar-refractivity contribution in [2.24, 2.45) is 0 Å². The van der Waals surface area contributed by atoms with E-state index in [9.17, 15) is 4.79 Å². The van der Waals surface area contributed by atoms with Crippen molar-refractivity contribution in [3.63, 3.8) is 0 Å². The third-order valence-electron chi connectivity index (χ3n) is 4.04. The van der Waals surface area contributed by atoms with Crippen LogP contribution in [0.2, 0.25) is 0 Å². The van der Waals surface area contributed by atoms with Gasteiger partial charge < -0.3 is 19.4 Å². The van der Waals surface area contributed by atoms with Gasteiger partial charge >= 0.3 is 0 Å². The number of hydrogen-bond donors (Lipinski definition) is 1. The van der Waals surface area contributed by atoms with Crippen molar-refractivity contribution in [3.8, 4) is 17.2 Å². The second kappa shape index (κ2) is 7.03. The molecule has 0 unspecified atom stereocenters.